The number of carbonyl (C=O) groups is 1. The lowest BCUT2D eigenvalue weighted by Gasteiger charge is -2.34. The molecular formula is C20H33BrN2O. The molecule has 0 N–H and O–H groups in total. The van der Waals surface area contributed by atoms with Crippen molar-refractivity contribution in [3.8, 4) is 0 Å². The van der Waals surface area contributed by atoms with E-state index in [0.29, 0.717) is 5.91 Å². The Morgan fingerprint density at radius 1 is 0.958 bits per heavy atom. The standard InChI is InChI=1S/C20H32N2O.BrH/c1-2-3-4-5-9-12-20(23)22-17-15-21(16-18-22)14-13-19-10-7-6-8-11-19;/h6-8,10-11H,2-5,9,12-18H2,1H3;1H. The minimum atomic E-state index is 0. The molecule has 0 unspecified atom stereocenters. The smallest absolute Gasteiger partial charge is 0.222 e. The van der Waals surface area contributed by atoms with Crippen molar-refractivity contribution in [3.05, 3.63) is 35.9 Å². The van der Waals surface area contributed by atoms with Crippen molar-refractivity contribution in [1.82, 2.24) is 9.80 Å². The second kappa shape index (κ2) is 12.5. The third-order valence-corrected chi connectivity index (χ3v) is 4.78. The highest BCUT2D eigenvalue weighted by Gasteiger charge is 2.20. The van der Waals surface area contributed by atoms with Crippen molar-refractivity contribution >= 4 is 22.9 Å². The summed E-state index contributed by atoms with van der Waals surface area (Å²) in [6.45, 7) is 7.18. The molecule has 3 nitrogen and oxygen atoms in total. The summed E-state index contributed by atoms with van der Waals surface area (Å²) in [7, 11) is 0. The van der Waals surface area contributed by atoms with Gasteiger partial charge in [0.2, 0.25) is 5.91 Å². The van der Waals surface area contributed by atoms with Crippen LogP contribution < -0.4 is 0 Å². The molecule has 136 valence electrons. The summed E-state index contributed by atoms with van der Waals surface area (Å²) in [6.07, 6.45) is 7.95. The lowest BCUT2D eigenvalue weighted by Crippen LogP contribution is -2.49. The molecule has 0 radical (unpaired) electrons. The van der Waals surface area contributed by atoms with Crippen LogP contribution >= 0.6 is 17.0 Å². The number of carbonyl (C=O) groups excluding carboxylic acids is 1. The maximum atomic E-state index is 12.2. The molecule has 0 atom stereocenters. The first-order chi connectivity index (χ1) is 11.3. The quantitative estimate of drug-likeness (QED) is 0.580. The number of halogens is 1. The van der Waals surface area contributed by atoms with Crippen molar-refractivity contribution in [2.75, 3.05) is 32.7 Å². The third kappa shape index (κ3) is 7.80. The number of hydrogen-bond acceptors (Lipinski definition) is 2. The predicted octanol–water partition coefficient (Wildman–Crippen LogP) is 4.31. The number of benzene rings is 1. The molecule has 1 aromatic carbocycles. The van der Waals surface area contributed by atoms with Gasteiger partial charge in [0.1, 0.15) is 0 Å². The summed E-state index contributed by atoms with van der Waals surface area (Å²) in [6, 6.07) is 10.7. The third-order valence-electron chi connectivity index (χ3n) is 4.78. The van der Waals surface area contributed by atoms with E-state index in [4.69, 9.17) is 0 Å². The van der Waals surface area contributed by atoms with E-state index in [-0.39, 0.29) is 17.0 Å². The zero-order valence-corrected chi connectivity index (χ0v) is 16.8. The van der Waals surface area contributed by atoms with Crippen molar-refractivity contribution in [2.45, 2.75) is 51.9 Å². The number of unbranched alkanes of at least 4 members (excludes halogenated alkanes) is 4. The van der Waals surface area contributed by atoms with Crippen LogP contribution in [0.4, 0.5) is 0 Å². The van der Waals surface area contributed by atoms with Gasteiger partial charge in [-0.3, -0.25) is 9.69 Å². The normalized spacial score (nSPS) is 15.1. The highest BCUT2D eigenvalue weighted by molar-refractivity contribution is 8.93. The summed E-state index contributed by atoms with van der Waals surface area (Å²) in [4.78, 5) is 16.8. The monoisotopic (exact) mass is 396 g/mol. The topological polar surface area (TPSA) is 23.6 Å². The molecule has 1 aliphatic rings. The Hall–Kier alpha value is -0.870. The van der Waals surface area contributed by atoms with Crippen molar-refractivity contribution in [1.29, 1.82) is 0 Å². The van der Waals surface area contributed by atoms with Gasteiger partial charge in [0.05, 0.1) is 0 Å². The van der Waals surface area contributed by atoms with E-state index >= 15 is 0 Å². The first-order valence-corrected chi connectivity index (χ1v) is 9.33. The highest BCUT2D eigenvalue weighted by atomic mass is 79.9. The van der Waals surface area contributed by atoms with E-state index < -0.39 is 0 Å². The Morgan fingerprint density at radius 2 is 1.62 bits per heavy atom. The maximum absolute atomic E-state index is 12.2. The minimum absolute atomic E-state index is 0. The molecule has 1 aliphatic heterocycles. The van der Waals surface area contributed by atoms with Crippen molar-refractivity contribution in [2.24, 2.45) is 0 Å². The first-order valence-electron chi connectivity index (χ1n) is 9.33. The van der Waals surface area contributed by atoms with Gasteiger partial charge in [-0.25, -0.2) is 0 Å². The van der Waals surface area contributed by atoms with Crippen LogP contribution in [0.15, 0.2) is 30.3 Å². The molecule has 2 rings (SSSR count). The molecule has 0 bridgehead atoms. The Morgan fingerprint density at radius 3 is 2.29 bits per heavy atom. The summed E-state index contributed by atoms with van der Waals surface area (Å²) < 4.78 is 0. The van der Waals surface area contributed by atoms with Crippen molar-refractivity contribution < 1.29 is 4.79 Å². The zero-order valence-electron chi connectivity index (χ0n) is 15.1. The van der Waals surface area contributed by atoms with Crippen LogP contribution in [0.3, 0.4) is 0 Å². The summed E-state index contributed by atoms with van der Waals surface area (Å²) in [5.41, 5.74) is 1.40. The number of hydrogen-bond donors (Lipinski definition) is 0. The van der Waals surface area contributed by atoms with E-state index in [2.05, 4.69) is 47.1 Å². The van der Waals surface area contributed by atoms with Gasteiger partial charge in [-0.15, -0.1) is 17.0 Å². The first kappa shape index (κ1) is 21.2. The van der Waals surface area contributed by atoms with Gasteiger partial charge in [0.15, 0.2) is 0 Å². The van der Waals surface area contributed by atoms with Crippen LogP contribution in [0.25, 0.3) is 0 Å². The molecule has 0 spiro atoms. The van der Waals surface area contributed by atoms with Crippen LogP contribution in [-0.2, 0) is 11.2 Å². The molecule has 24 heavy (non-hydrogen) atoms. The largest absolute Gasteiger partial charge is 0.340 e. The Bertz CT molecular complexity index is 444. The number of nitrogens with zero attached hydrogens (tertiary/aromatic N) is 2. The van der Waals surface area contributed by atoms with Crippen LogP contribution in [0.1, 0.15) is 51.0 Å². The molecule has 1 fully saturated rings. The van der Waals surface area contributed by atoms with Crippen LogP contribution in [0.2, 0.25) is 0 Å². The van der Waals surface area contributed by atoms with Gasteiger partial charge in [-0.05, 0) is 18.4 Å². The maximum Gasteiger partial charge on any atom is 0.222 e. The average molecular weight is 397 g/mol. The second-order valence-electron chi connectivity index (χ2n) is 6.62. The van der Waals surface area contributed by atoms with Gasteiger partial charge < -0.3 is 4.90 Å². The fourth-order valence-electron chi connectivity index (χ4n) is 3.19. The molecular weight excluding hydrogens is 364 g/mol. The summed E-state index contributed by atoms with van der Waals surface area (Å²) >= 11 is 0. The molecule has 1 saturated heterocycles. The SMILES string of the molecule is Br.CCCCCCCC(=O)N1CCN(CCc2ccccc2)CC1. The number of piperazine rings is 1. The molecule has 0 aliphatic carbocycles. The minimum Gasteiger partial charge on any atom is -0.340 e. The summed E-state index contributed by atoms with van der Waals surface area (Å²) in [5.74, 6) is 0.365. The molecule has 0 saturated carbocycles. The lowest BCUT2D eigenvalue weighted by atomic mass is 10.1. The predicted molar refractivity (Wildman–Crippen MR) is 107 cm³/mol. The van der Waals surface area contributed by atoms with Gasteiger partial charge in [-0.2, -0.15) is 0 Å². The molecule has 1 aromatic rings. The number of rotatable bonds is 9. The Kier molecular flexibility index (Phi) is 11.0. The average Bonchev–Trinajstić information content (AvgIpc) is 2.61. The van der Waals surface area contributed by atoms with E-state index in [9.17, 15) is 4.79 Å². The molecule has 1 heterocycles. The number of amides is 1. The fourth-order valence-corrected chi connectivity index (χ4v) is 3.19. The van der Waals surface area contributed by atoms with Gasteiger partial charge in [0.25, 0.3) is 0 Å². The zero-order chi connectivity index (χ0) is 16.3. The Labute approximate surface area is 158 Å². The summed E-state index contributed by atoms with van der Waals surface area (Å²) in [5, 5.41) is 0. The molecule has 1 amide bonds. The van der Waals surface area contributed by atoms with E-state index in [1.54, 1.807) is 0 Å². The van der Waals surface area contributed by atoms with Crippen LogP contribution in [-0.4, -0.2) is 48.4 Å². The van der Waals surface area contributed by atoms with Crippen molar-refractivity contribution in [3.63, 3.8) is 0 Å². The van der Waals surface area contributed by atoms with Gasteiger partial charge >= 0.3 is 0 Å². The van der Waals surface area contributed by atoms with E-state index in [1.165, 1.54) is 31.2 Å². The molecule has 0 aromatic heterocycles. The van der Waals surface area contributed by atoms with E-state index in [1.807, 2.05) is 0 Å². The van der Waals surface area contributed by atoms with Crippen LogP contribution in [0.5, 0.6) is 0 Å². The second-order valence-corrected chi connectivity index (χ2v) is 6.62. The lowest BCUT2D eigenvalue weighted by molar-refractivity contribution is -0.133. The van der Waals surface area contributed by atoms with Crippen LogP contribution in [0, 0.1) is 0 Å². The van der Waals surface area contributed by atoms with Gasteiger partial charge in [0, 0.05) is 39.1 Å². The Balaban J connectivity index is 0.00000288. The van der Waals surface area contributed by atoms with Gasteiger partial charge in [-0.1, -0.05) is 62.9 Å². The van der Waals surface area contributed by atoms with E-state index in [0.717, 1.165) is 52.0 Å². The fraction of sp³-hybridized carbons (Fsp3) is 0.650. The molecule has 4 heteroatoms. The highest BCUT2D eigenvalue weighted by Crippen LogP contribution is 2.10.